The summed E-state index contributed by atoms with van der Waals surface area (Å²) in [5, 5.41) is 3.48. The van der Waals surface area contributed by atoms with Gasteiger partial charge in [-0.1, -0.05) is 6.92 Å². The highest BCUT2D eigenvalue weighted by atomic mass is 16.5. The van der Waals surface area contributed by atoms with Crippen molar-refractivity contribution in [2.24, 2.45) is 5.92 Å². The molecule has 0 atom stereocenters. The summed E-state index contributed by atoms with van der Waals surface area (Å²) in [7, 11) is 1.45. The first kappa shape index (κ1) is 19.2. The third kappa shape index (κ3) is 4.40. The van der Waals surface area contributed by atoms with Gasteiger partial charge in [-0.25, -0.2) is 9.97 Å². The number of anilines is 2. The lowest BCUT2D eigenvalue weighted by molar-refractivity contribution is -0.146. The zero-order chi connectivity index (χ0) is 19.4. The van der Waals surface area contributed by atoms with Gasteiger partial charge in [-0.2, -0.15) is 0 Å². The molecule has 0 unspecified atom stereocenters. The molecule has 146 valence electrons. The highest BCUT2D eigenvalue weighted by Crippen LogP contribution is 2.32. The molecule has 1 aliphatic heterocycles. The van der Waals surface area contributed by atoms with Crippen molar-refractivity contribution in [3.63, 3.8) is 0 Å². The highest BCUT2D eigenvalue weighted by molar-refractivity contribution is 5.74. The number of carbonyl (C=O) groups excluding carboxylic acids is 1. The van der Waals surface area contributed by atoms with Gasteiger partial charge in [0.05, 0.1) is 30.5 Å². The first-order chi connectivity index (χ1) is 13.0. The molecule has 0 saturated carbocycles. The van der Waals surface area contributed by atoms with E-state index in [9.17, 15) is 4.79 Å². The van der Waals surface area contributed by atoms with Crippen molar-refractivity contribution >= 4 is 17.5 Å². The first-order valence-electron chi connectivity index (χ1n) is 9.56. The lowest BCUT2D eigenvalue weighted by atomic mass is 9.97. The van der Waals surface area contributed by atoms with E-state index in [0.717, 1.165) is 55.2 Å². The number of aryl methyl sites for hydroxylation is 1. The van der Waals surface area contributed by atoms with Gasteiger partial charge in [0.1, 0.15) is 5.76 Å². The standard InChI is InChI=1S/C20H28N4O3/c1-5-16-12-22-19(27-16)15-10-17(23-13(2)3)18(21-11-15)24-8-6-14(7-9-24)20(25)26-4/h10-14,23H,5-9H2,1-4H3. The summed E-state index contributed by atoms with van der Waals surface area (Å²) in [6.45, 7) is 7.78. The van der Waals surface area contributed by atoms with Gasteiger partial charge in [0.25, 0.3) is 0 Å². The zero-order valence-corrected chi connectivity index (χ0v) is 16.5. The lowest BCUT2D eigenvalue weighted by Gasteiger charge is -2.33. The van der Waals surface area contributed by atoms with Crippen LogP contribution in [0.2, 0.25) is 0 Å². The summed E-state index contributed by atoms with van der Waals surface area (Å²) in [5.41, 5.74) is 1.81. The SMILES string of the molecule is CCc1cnc(-c2cnc(N3CCC(C(=O)OC)CC3)c(NC(C)C)c2)o1. The molecule has 0 aliphatic carbocycles. The summed E-state index contributed by atoms with van der Waals surface area (Å²) in [4.78, 5) is 23.1. The fourth-order valence-electron chi connectivity index (χ4n) is 3.34. The maximum Gasteiger partial charge on any atom is 0.308 e. The Morgan fingerprint density at radius 3 is 2.67 bits per heavy atom. The lowest BCUT2D eigenvalue weighted by Crippen LogP contribution is -2.37. The minimum absolute atomic E-state index is 0.0215. The molecule has 7 nitrogen and oxygen atoms in total. The Labute approximate surface area is 160 Å². The minimum atomic E-state index is -0.117. The molecule has 0 amide bonds. The summed E-state index contributed by atoms with van der Waals surface area (Å²) in [6, 6.07) is 2.31. The fraction of sp³-hybridized carbons (Fsp3) is 0.550. The normalized spacial score (nSPS) is 15.2. The number of hydrogen-bond acceptors (Lipinski definition) is 7. The minimum Gasteiger partial charge on any atom is -0.469 e. The topological polar surface area (TPSA) is 80.5 Å². The summed E-state index contributed by atoms with van der Waals surface area (Å²) >= 11 is 0. The van der Waals surface area contributed by atoms with Crippen LogP contribution in [-0.2, 0) is 16.0 Å². The van der Waals surface area contributed by atoms with Crippen LogP contribution < -0.4 is 10.2 Å². The second-order valence-corrected chi connectivity index (χ2v) is 7.16. The highest BCUT2D eigenvalue weighted by Gasteiger charge is 2.27. The number of rotatable bonds is 6. The second kappa shape index (κ2) is 8.41. The van der Waals surface area contributed by atoms with Crippen LogP contribution in [0.4, 0.5) is 11.5 Å². The van der Waals surface area contributed by atoms with Crippen molar-refractivity contribution in [2.45, 2.75) is 46.1 Å². The van der Waals surface area contributed by atoms with Crippen LogP contribution in [0.1, 0.15) is 39.4 Å². The number of aromatic nitrogens is 2. The van der Waals surface area contributed by atoms with Crippen LogP contribution in [0.5, 0.6) is 0 Å². The van der Waals surface area contributed by atoms with E-state index in [0.29, 0.717) is 5.89 Å². The van der Waals surface area contributed by atoms with E-state index in [1.165, 1.54) is 7.11 Å². The third-order valence-corrected chi connectivity index (χ3v) is 4.79. The van der Waals surface area contributed by atoms with Gasteiger partial charge in [0, 0.05) is 31.7 Å². The molecule has 0 bridgehead atoms. The van der Waals surface area contributed by atoms with E-state index in [-0.39, 0.29) is 17.9 Å². The van der Waals surface area contributed by atoms with Crippen molar-refractivity contribution in [1.29, 1.82) is 0 Å². The number of pyridine rings is 1. The molecule has 1 N–H and O–H groups in total. The van der Waals surface area contributed by atoms with Crippen LogP contribution in [0, 0.1) is 5.92 Å². The van der Waals surface area contributed by atoms with Crippen molar-refractivity contribution in [1.82, 2.24) is 9.97 Å². The van der Waals surface area contributed by atoms with Gasteiger partial charge < -0.3 is 19.4 Å². The first-order valence-corrected chi connectivity index (χ1v) is 9.56. The summed E-state index contributed by atoms with van der Waals surface area (Å²) in [6.07, 6.45) is 5.92. The van der Waals surface area contributed by atoms with E-state index in [2.05, 4.69) is 29.0 Å². The number of piperidine rings is 1. The molecule has 3 heterocycles. The van der Waals surface area contributed by atoms with Gasteiger partial charge in [-0.15, -0.1) is 0 Å². The second-order valence-electron chi connectivity index (χ2n) is 7.16. The van der Waals surface area contributed by atoms with Gasteiger partial charge >= 0.3 is 5.97 Å². The molecular weight excluding hydrogens is 344 g/mol. The zero-order valence-electron chi connectivity index (χ0n) is 16.5. The van der Waals surface area contributed by atoms with Crippen LogP contribution in [-0.4, -0.2) is 42.2 Å². The molecule has 2 aromatic heterocycles. The number of esters is 1. The van der Waals surface area contributed by atoms with E-state index in [1.807, 2.05) is 13.0 Å². The molecule has 0 radical (unpaired) electrons. The molecular formula is C20H28N4O3. The molecule has 0 aromatic carbocycles. The molecule has 0 spiro atoms. The average molecular weight is 372 g/mol. The quantitative estimate of drug-likeness (QED) is 0.777. The molecule has 1 fully saturated rings. The maximum atomic E-state index is 11.8. The predicted molar refractivity (Wildman–Crippen MR) is 105 cm³/mol. The molecule has 1 aliphatic rings. The van der Waals surface area contributed by atoms with Gasteiger partial charge in [-0.3, -0.25) is 4.79 Å². The molecule has 3 rings (SSSR count). The van der Waals surface area contributed by atoms with Crippen molar-refractivity contribution in [2.75, 3.05) is 30.4 Å². The Bertz CT molecular complexity index is 779. The predicted octanol–water partition coefficient (Wildman–Crippen LogP) is 3.51. The van der Waals surface area contributed by atoms with E-state index in [4.69, 9.17) is 14.1 Å². The number of nitrogens with one attached hydrogen (secondary N) is 1. The number of ether oxygens (including phenoxy) is 1. The van der Waals surface area contributed by atoms with Gasteiger partial charge in [-0.05, 0) is 32.8 Å². The Hall–Kier alpha value is -2.57. The largest absolute Gasteiger partial charge is 0.469 e. The number of carbonyl (C=O) groups is 1. The average Bonchev–Trinajstić information content (AvgIpc) is 3.16. The number of nitrogens with zero attached hydrogens (tertiary/aromatic N) is 3. The Balaban J connectivity index is 1.83. The molecule has 7 heteroatoms. The molecule has 2 aromatic rings. The van der Waals surface area contributed by atoms with Gasteiger partial charge in [0.15, 0.2) is 5.82 Å². The summed E-state index contributed by atoms with van der Waals surface area (Å²) in [5.74, 6) is 2.21. The molecule has 27 heavy (non-hydrogen) atoms. The van der Waals surface area contributed by atoms with Crippen molar-refractivity contribution in [3.05, 3.63) is 24.2 Å². The number of hydrogen-bond donors (Lipinski definition) is 1. The van der Waals surface area contributed by atoms with Crippen LogP contribution >= 0.6 is 0 Å². The number of oxazole rings is 1. The fourth-order valence-corrected chi connectivity index (χ4v) is 3.34. The van der Waals surface area contributed by atoms with Crippen molar-refractivity contribution < 1.29 is 13.9 Å². The Kier molecular flexibility index (Phi) is 5.98. The van der Waals surface area contributed by atoms with E-state index >= 15 is 0 Å². The third-order valence-electron chi connectivity index (χ3n) is 4.79. The number of methoxy groups -OCH3 is 1. The van der Waals surface area contributed by atoms with Gasteiger partial charge in [0.2, 0.25) is 5.89 Å². The van der Waals surface area contributed by atoms with E-state index in [1.54, 1.807) is 12.4 Å². The Morgan fingerprint density at radius 1 is 1.33 bits per heavy atom. The van der Waals surface area contributed by atoms with Crippen molar-refractivity contribution in [3.8, 4) is 11.5 Å². The maximum absolute atomic E-state index is 11.8. The Morgan fingerprint density at radius 2 is 2.07 bits per heavy atom. The molecule has 1 saturated heterocycles. The van der Waals surface area contributed by atoms with Crippen LogP contribution in [0.3, 0.4) is 0 Å². The summed E-state index contributed by atoms with van der Waals surface area (Å²) < 4.78 is 10.7. The monoisotopic (exact) mass is 372 g/mol. The van der Waals surface area contributed by atoms with Crippen LogP contribution in [0.15, 0.2) is 22.9 Å². The smallest absolute Gasteiger partial charge is 0.308 e. The van der Waals surface area contributed by atoms with E-state index < -0.39 is 0 Å². The van der Waals surface area contributed by atoms with Crippen LogP contribution in [0.25, 0.3) is 11.5 Å².